The summed E-state index contributed by atoms with van der Waals surface area (Å²) in [5.41, 5.74) is 4.71. The van der Waals surface area contributed by atoms with Crippen molar-refractivity contribution in [3.63, 3.8) is 0 Å². The molecule has 0 spiro atoms. The van der Waals surface area contributed by atoms with E-state index in [1.165, 1.54) is 17.2 Å². The molecule has 0 saturated carbocycles. The summed E-state index contributed by atoms with van der Waals surface area (Å²) in [6.07, 6.45) is 0.779. The molecule has 0 fully saturated rings. The smallest absolute Gasteiger partial charge is 0.337 e. The third-order valence-electron chi connectivity index (χ3n) is 6.13. The summed E-state index contributed by atoms with van der Waals surface area (Å²) in [7, 11) is 0. The lowest BCUT2D eigenvalue weighted by molar-refractivity contribution is -0.385. The molecule has 1 aliphatic heterocycles. The molecule has 0 unspecified atom stereocenters. The third-order valence-corrected chi connectivity index (χ3v) is 6.13. The van der Waals surface area contributed by atoms with Crippen LogP contribution >= 0.6 is 0 Å². The van der Waals surface area contributed by atoms with Gasteiger partial charge in [0.1, 0.15) is 0 Å². The van der Waals surface area contributed by atoms with E-state index in [2.05, 4.69) is 17.4 Å². The van der Waals surface area contributed by atoms with E-state index in [4.69, 9.17) is 0 Å². The van der Waals surface area contributed by atoms with Crippen LogP contribution in [0, 0.1) is 16.0 Å². The fraction of sp³-hybridized carbons (Fsp3) is 0.174. The highest BCUT2D eigenvalue weighted by atomic mass is 16.6. The van der Waals surface area contributed by atoms with Gasteiger partial charge in [-0.1, -0.05) is 54.6 Å². The summed E-state index contributed by atoms with van der Waals surface area (Å²) >= 11 is 0. The number of aromatic carboxylic acids is 1. The Balaban J connectivity index is 1.75. The van der Waals surface area contributed by atoms with Crippen LogP contribution in [-0.4, -0.2) is 16.0 Å². The van der Waals surface area contributed by atoms with E-state index in [0.29, 0.717) is 11.3 Å². The lowest BCUT2D eigenvalue weighted by atomic mass is 9.74. The molecule has 0 radical (unpaired) electrons. The quantitative estimate of drug-likeness (QED) is 0.500. The van der Waals surface area contributed by atoms with Gasteiger partial charge in [0.25, 0.3) is 5.69 Å². The standard InChI is InChI=1S/C23H18N2O4/c26-23(27)17-10-5-9-16-20-14-7-2-1-6-13(14)12-18(20)21(24-22(16)17)15-8-3-4-11-19(15)25(28)29/h1-11,18,20-21,24H,12H2,(H,26,27)/t18-,20+,21+/m1/s1. The lowest BCUT2D eigenvalue weighted by Gasteiger charge is -2.38. The minimum absolute atomic E-state index is 0.00781. The highest BCUT2D eigenvalue weighted by Crippen LogP contribution is 2.55. The zero-order chi connectivity index (χ0) is 20.1. The predicted molar refractivity (Wildman–Crippen MR) is 108 cm³/mol. The van der Waals surface area contributed by atoms with Gasteiger partial charge in [-0.05, 0) is 35.1 Å². The van der Waals surface area contributed by atoms with Gasteiger partial charge >= 0.3 is 5.97 Å². The molecule has 3 aromatic carbocycles. The molecule has 3 atom stereocenters. The minimum Gasteiger partial charge on any atom is -0.478 e. The Morgan fingerprint density at radius 1 is 0.966 bits per heavy atom. The molecule has 6 heteroatoms. The summed E-state index contributed by atoms with van der Waals surface area (Å²) in [4.78, 5) is 23.2. The van der Waals surface area contributed by atoms with Crippen molar-refractivity contribution >= 4 is 17.3 Å². The largest absolute Gasteiger partial charge is 0.478 e. The molecular formula is C23H18N2O4. The molecule has 29 heavy (non-hydrogen) atoms. The average Bonchev–Trinajstić information content (AvgIpc) is 3.12. The number of carbonyl (C=O) groups is 1. The van der Waals surface area contributed by atoms with Crippen molar-refractivity contribution in [1.29, 1.82) is 0 Å². The second kappa shape index (κ2) is 6.44. The molecular weight excluding hydrogens is 368 g/mol. The second-order valence-corrected chi connectivity index (χ2v) is 7.56. The first-order chi connectivity index (χ1) is 14.1. The van der Waals surface area contributed by atoms with Crippen LogP contribution < -0.4 is 5.32 Å². The molecule has 1 heterocycles. The SMILES string of the molecule is O=C(O)c1cccc2c1N[C@@H](c1ccccc1[N+](=O)[O-])[C@@H]1Cc3ccccc3[C@@H]21. The molecule has 0 aromatic heterocycles. The maximum Gasteiger partial charge on any atom is 0.337 e. The van der Waals surface area contributed by atoms with Gasteiger partial charge < -0.3 is 10.4 Å². The van der Waals surface area contributed by atoms with Crippen LogP contribution in [0.5, 0.6) is 0 Å². The number of hydrogen-bond acceptors (Lipinski definition) is 4. The lowest BCUT2D eigenvalue weighted by Crippen LogP contribution is -2.32. The zero-order valence-corrected chi connectivity index (χ0v) is 15.4. The molecule has 0 saturated heterocycles. The van der Waals surface area contributed by atoms with E-state index in [-0.39, 0.29) is 34.1 Å². The molecule has 2 aliphatic rings. The Labute approximate surface area is 167 Å². The van der Waals surface area contributed by atoms with Gasteiger partial charge in [-0.15, -0.1) is 0 Å². The van der Waals surface area contributed by atoms with Gasteiger partial charge in [-0.3, -0.25) is 10.1 Å². The Kier molecular flexibility index (Phi) is 3.87. The molecule has 0 amide bonds. The zero-order valence-electron chi connectivity index (χ0n) is 15.4. The number of nitro groups is 1. The van der Waals surface area contributed by atoms with Crippen molar-refractivity contribution in [1.82, 2.24) is 0 Å². The van der Waals surface area contributed by atoms with Gasteiger partial charge in [0.15, 0.2) is 0 Å². The highest BCUT2D eigenvalue weighted by molar-refractivity contribution is 5.96. The van der Waals surface area contributed by atoms with Crippen molar-refractivity contribution in [2.24, 2.45) is 5.92 Å². The maximum absolute atomic E-state index is 11.9. The molecule has 1 aliphatic carbocycles. The van der Waals surface area contributed by atoms with Gasteiger partial charge in [0.2, 0.25) is 0 Å². The van der Waals surface area contributed by atoms with E-state index in [1.54, 1.807) is 30.3 Å². The summed E-state index contributed by atoms with van der Waals surface area (Å²) < 4.78 is 0. The fourth-order valence-electron chi connectivity index (χ4n) is 4.99. The van der Waals surface area contributed by atoms with E-state index in [9.17, 15) is 20.0 Å². The first-order valence-electron chi connectivity index (χ1n) is 9.50. The second-order valence-electron chi connectivity index (χ2n) is 7.56. The predicted octanol–water partition coefficient (Wildman–Crippen LogP) is 4.76. The van der Waals surface area contributed by atoms with Crippen LogP contribution in [0.25, 0.3) is 0 Å². The number of nitrogens with zero attached hydrogens (tertiary/aromatic N) is 1. The van der Waals surface area contributed by atoms with Crippen LogP contribution in [0.3, 0.4) is 0 Å². The topological polar surface area (TPSA) is 92.5 Å². The molecule has 2 N–H and O–H groups in total. The van der Waals surface area contributed by atoms with Crippen molar-refractivity contribution in [3.05, 3.63) is 105 Å². The number of carboxylic acid groups (broad SMARTS) is 1. The maximum atomic E-state index is 11.9. The highest BCUT2D eigenvalue weighted by Gasteiger charge is 2.45. The van der Waals surface area contributed by atoms with Crippen molar-refractivity contribution in [3.8, 4) is 0 Å². The number of hydrogen-bond donors (Lipinski definition) is 2. The number of para-hydroxylation sites is 2. The number of carboxylic acids is 1. The Morgan fingerprint density at radius 3 is 2.41 bits per heavy atom. The van der Waals surface area contributed by atoms with Gasteiger partial charge in [0, 0.05) is 12.0 Å². The first-order valence-corrected chi connectivity index (χ1v) is 9.50. The summed E-state index contributed by atoms with van der Waals surface area (Å²) in [5, 5.41) is 24.8. The normalized spacial score (nSPS) is 21.4. The van der Waals surface area contributed by atoms with Crippen molar-refractivity contribution in [2.45, 2.75) is 18.4 Å². The van der Waals surface area contributed by atoms with Crippen molar-refractivity contribution in [2.75, 3.05) is 5.32 Å². The van der Waals surface area contributed by atoms with Gasteiger partial charge in [0.05, 0.1) is 27.8 Å². The van der Waals surface area contributed by atoms with Crippen LogP contribution in [-0.2, 0) is 6.42 Å². The van der Waals surface area contributed by atoms with Gasteiger partial charge in [-0.25, -0.2) is 4.79 Å². The Hall–Kier alpha value is -3.67. The molecule has 5 rings (SSSR count). The van der Waals surface area contributed by atoms with Crippen LogP contribution in [0.2, 0.25) is 0 Å². The van der Waals surface area contributed by atoms with E-state index >= 15 is 0 Å². The average molecular weight is 386 g/mol. The number of nitrogens with one attached hydrogen (secondary N) is 1. The van der Waals surface area contributed by atoms with Gasteiger partial charge in [-0.2, -0.15) is 0 Å². The number of benzene rings is 3. The van der Waals surface area contributed by atoms with E-state index < -0.39 is 5.97 Å². The van der Waals surface area contributed by atoms with Crippen LogP contribution in [0.1, 0.15) is 44.6 Å². The monoisotopic (exact) mass is 386 g/mol. The number of anilines is 1. The molecule has 144 valence electrons. The number of rotatable bonds is 3. The van der Waals surface area contributed by atoms with Crippen LogP contribution in [0.4, 0.5) is 11.4 Å². The number of nitro benzene ring substituents is 1. The summed E-state index contributed by atoms with van der Waals surface area (Å²) in [5.74, 6) is -0.961. The minimum atomic E-state index is -1.01. The van der Waals surface area contributed by atoms with Crippen molar-refractivity contribution < 1.29 is 14.8 Å². The molecule has 3 aromatic rings. The first kappa shape index (κ1) is 17.4. The molecule has 6 nitrogen and oxygen atoms in total. The Bertz CT molecular complexity index is 1160. The van der Waals surface area contributed by atoms with E-state index in [0.717, 1.165) is 12.0 Å². The number of fused-ring (bicyclic) bond motifs is 5. The molecule has 0 bridgehead atoms. The Morgan fingerprint density at radius 2 is 1.66 bits per heavy atom. The summed E-state index contributed by atoms with van der Waals surface area (Å²) in [6, 6.07) is 19.8. The summed E-state index contributed by atoms with van der Waals surface area (Å²) in [6.45, 7) is 0. The van der Waals surface area contributed by atoms with E-state index in [1.807, 2.05) is 18.2 Å². The van der Waals surface area contributed by atoms with Crippen LogP contribution in [0.15, 0.2) is 66.7 Å². The third kappa shape index (κ3) is 2.60. The fourth-order valence-corrected chi connectivity index (χ4v) is 4.99.